The smallest absolute Gasteiger partial charge is 0.226 e. The van der Waals surface area contributed by atoms with Crippen LogP contribution in [0.2, 0.25) is 0 Å². The molecule has 7 nitrogen and oxygen atoms in total. The third-order valence-electron chi connectivity index (χ3n) is 4.46. The summed E-state index contributed by atoms with van der Waals surface area (Å²) in [7, 11) is 0. The van der Waals surface area contributed by atoms with Gasteiger partial charge in [-0.2, -0.15) is 5.10 Å². The van der Waals surface area contributed by atoms with E-state index in [0.717, 1.165) is 35.4 Å². The fourth-order valence-corrected chi connectivity index (χ4v) is 3.05. The number of hydrogen-bond acceptors (Lipinski definition) is 4. The van der Waals surface area contributed by atoms with Gasteiger partial charge in [-0.3, -0.25) is 14.7 Å². The zero-order chi connectivity index (χ0) is 17.8. The number of carbonyl (C=O) groups is 2. The van der Waals surface area contributed by atoms with Crippen molar-refractivity contribution in [3.63, 3.8) is 0 Å². The number of aryl methyl sites for hydroxylation is 2. The van der Waals surface area contributed by atoms with E-state index in [2.05, 4.69) is 27.4 Å². The van der Waals surface area contributed by atoms with Crippen molar-refractivity contribution >= 4 is 17.6 Å². The Balaban J connectivity index is 1.52. The number of carbonyl (C=O) groups excluding carboxylic acids is 2. The van der Waals surface area contributed by atoms with Crippen LogP contribution in [0, 0.1) is 6.92 Å². The number of pyridine rings is 1. The van der Waals surface area contributed by atoms with Crippen molar-refractivity contribution < 1.29 is 9.59 Å². The highest BCUT2D eigenvalue weighted by Crippen LogP contribution is 2.21. The summed E-state index contributed by atoms with van der Waals surface area (Å²) in [5.41, 5.74) is 4.31. The first-order valence-electron chi connectivity index (χ1n) is 8.62. The van der Waals surface area contributed by atoms with Gasteiger partial charge in [-0.15, -0.1) is 0 Å². The van der Waals surface area contributed by atoms with Gasteiger partial charge in [-0.1, -0.05) is 6.92 Å². The Morgan fingerprint density at radius 1 is 1.36 bits per heavy atom. The molecule has 7 heteroatoms. The second kappa shape index (κ2) is 7.46. The number of anilines is 1. The first-order chi connectivity index (χ1) is 12.1. The molecule has 2 aromatic heterocycles. The van der Waals surface area contributed by atoms with Crippen molar-refractivity contribution in [3.05, 3.63) is 40.8 Å². The normalized spacial score (nSPS) is 13.4. The zero-order valence-corrected chi connectivity index (χ0v) is 14.6. The second-order valence-electron chi connectivity index (χ2n) is 6.31. The zero-order valence-electron chi connectivity index (χ0n) is 14.6. The number of rotatable bonds is 5. The molecule has 2 amide bonds. The molecule has 3 heterocycles. The predicted octanol–water partition coefficient (Wildman–Crippen LogP) is 1.98. The summed E-state index contributed by atoms with van der Waals surface area (Å²) in [5, 5.41) is 10.1. The van der Waals surface area contributed by atoms with Crippen molar-refractivity contribution in [1.29, 1.82) is 0 Å². The number of nitrogens with zero attached hydrogens (tertiary/aromatic N) is 3. The van der Waals surface area contributed by atoms with Crippen LogP contribution in [0.5, 0.6) is 0 Å². The molecular formula is C18H23N5O2. The van der Waals surface area contributed by atoms with Gasteiger partial charge in [0.1, 0.15) is 5.82 Å². The molecular weight excluding hydrogens is 318 g/mol. The minimum absolute atomic E-state index is 0.00116. The van der Waals surface area contributed by atoms with E-state index >= 15 is 0 Å². The maximum atomic E-state index is 12.4. The van der Waals surface area contributed by atoms with Gasteiger partial charge in [0.15, 0.2) is 0 Å². The third kappa shape index (κ3) is 4.04. The quantitative estimate of drug-likeness (QED) is 0.870. The standard InChI is InChI=1S/C18H23N5O2/c1-3-14-13-11-23(9-7-15(13)22-21-14)18(25)5-4-17(24)20-16-10-12(2)6-8-19-16/h6,8,10H,3-5,7,9,11H2,1-2H3,(H,21,22)(H,19,20,24). The van der Waals surface area contributed by atoms with Crippen LogP contribution in [0.25, 0.3) is 0 Å². The lowest BCUT2D eigenvalue weighted by Gasteiger charge is -2.27. The van der Waals surface area contributed by atoms with E-state index in [9.17, 15) is 9.59 Å². The summed E-state index contributed by atoms with van der Waals surface area (Å²) in [6, 6.07) is 3.67. The van der Waals surface area contributed by atoms with Crippen LogP contribution in [0.3, 0.4) is 0 Å². The Kier molecular flexibility index (Phi) is 5.11. The molecule has 0 spiro atoms. The molecule has 2 aromatic rings. The van der Waals surface area contributed by atoms with Crippen molar-refractivity contribution in [2.75, 3.05) is 11.9 Å². The Morgan fingerprint density at radius 3 is 2.96 bits per heavy atom. The maximum Gasteiger partial charge on any atom is 0.226 e. The second-order valence-corrected chi connectivity index (χ2v) is 6.31. The van der Waals surface area contributed by atoms with Crippen molar-refractivity contribution in [3.8, 4) is 0 Å². The fourth-order valence-electron chi connectivity index (χ4n) is 3.05. The van der Waals surface area contributed by atoms with Crippen LogP contribution in [0.15, 0.2) is 18.3 Å². The van der Waals surface area contributed by atoms with Crippen LogP contribution in [0.1, 0.15) is 42.3 Å². The highest BCUT2D eigenvalue weighted by Gasteiger charge is 2.24. The molecule has 3 rings (SSSR count). The van der Waals surface area contributed by atoms with Crippen LogP contribution < -0.4 is 5.32 Å². The van der Waals surface area contributed by atoms with Crippen molar-refractivity contribution in [1.82, 2.24) is 20.1 Å². The Labute approximate surface area is 146 Å². The highest BCUT2D eigenvalue weighted by atomic mass is 16.2. The average molecular weight is 341 g/mol. The average Bonchev–Trinajstić information content (AvgIpc) is 3.02. The van der Waals surface area contributed by atoms with E-state index in [1.165, 1.54) is 0 Å². The Bertz CT molecular complexity index is 770. The molecule has 0 aliphatic carbocycles. The molecule has 2 N–H and O–H groups in total. The van der Waals surface area contributed by atoms with Gasteiger partial charge in [-0.05, 0) is 31.0 Å². The lowest BCUT2D eigenvalue weighted by molar-refractivity contribution is -0.133. The summed E-state index contributed by atoms with van der Waals surface area (Å²) < 4.78 is 0. The summed E-state index contributed by atoms with van der Waals surface area (Å²) in [5.74, 6) is 0.328. The number of aromatic amines is 1. The van der Waals surface area contributed by atoms with E-state index in [-0.39, 0.29) is 24.7 Å². The summed E-state index contributed by atoms with van der Waals surface area (Å²) >= 11 is 0. The number of hydrogen-bond donors (Lipinski definition) is 2. The summed E-state index contributed by atoms with van der Waals surface area (Å²) in [6.45, 7) is 5.24. The predicted molar refractivity (Wildman–Crippen MR) is 93.9 cm³/mol. The van der Waals surface area contributed by atoms with Crippen molar-refractivity contribution in [2.45, 2.75) is 46.1 Å². The molecule has 0 atom stereocenters. The van der Waals surface area contributed by atoms with Crippen molar-refractivity contribution in [2.24, 2.45) is 0 Å². The first kappa shape index (κ1) is 17.1. The Morgan fingerprint density at radius 2 is 2.20 bits per heavy atom. The van der Waals surface area contributed by atoms with Crippen LogP contribution in [0.4, 0.5) is 5.82 Å². The number of amides is 2. The van der Waals surface area contributed by atoms with Gasteiger partial charge in [0.2, 0.25) is 11.8 Å². The topological polar surface area (TPSA) is 91.0 Å². The molecule has 0 unspecified atom stereocenters. The molecule has 132 valence electrons. The van der Waals surface area contributed by atoms with E-state index in [4.69, 9.17) is 0 Å². The molecule has 25 heavy (non-hydrogen) atoms. The third-order valence-corrected chi connectivity index (χ3v) is 4.46. The fraction of sp³-hybridized carbons (Fsp3) is 0.444. The van der Waals surface area contributed by atoms with Gasteiger partial charge < -0.3 is 10.2 Å². The van der Waals surface area contributed by atoms with Crippen LogP contribution in [-0.4, -0.2) is 38.4 Å². The van der Waals surface area contributed by atoms with Crippen LogP contribution in [-0.2, 0) is 29.0 Å². The number of nitrogens with one attached hydrogen (secondary N) is 2. The first-order valence-corrected chi connectivity index (χ1v) is 8.62. The molecule has 0 saturated heterocycles. The number of fused-ring (bicyclic) bond motifs is 1. The lowest BCUT2D eigenvalue weighted by Crippen LogP contribution is -2.36. The largest absolute Gasteiger partial charge is 0.338 e. The number of H-pyrrole nitrogens is 1. The maximum absolute atomic E-state index is 12.4. The minimum Gasteiger partial charge on any atom is -0.338 e. The monoisotopic (exact) mass is 341 g/mol. The summed E-state index contributed by atoms with van der Waals surface area (Å²) in [4.78, 5) is 30.4. The van der Waals surface area contributed by atoms with Gasteiger partial charge in [0.05, 0.1) is 5.69 Å². The molecule has 0 saturated carbocycles. The van der Waals surface area contributed by atoms with Gasteiger partial charge in [0.25, 0.3) is 0 Å². The van der Waals surface area contributed by atoms with E-state index in [0.29, 0.717) is 18.9 Å². The van der Waals surface area contributed by atoms with Gasteiger partial charge in [0, 0.05) is 49.8 Å². The lowest BCUT2D eigenvalue weighted by atomic mass is 10.0. The van der Waals surface area contributed by atoms with Gasteiger partial charge in [-0.25, -0.2) is 4.98 Å². The molecule has 1 aliphatic heterocycles. The molecule has 0 fully saturated rings. The van der Waals surface area contributed by atoms with E-state index in [1.807, 2.05) is 17.9 Å². The highest BCUT2D eigenvalue weighted by molar-refractivity contribution is 5.92. The molecule has 1 aliphatic rings. The molecule has 0 bridgehead atoms. The minimum atomic E-state index is -0.193. The Hall–Kier alpha value is -2.70. The van der Waals surface area contributed by atoms with Gasteiger partial charge >= 0.3 is 0 Å². The number of aromatic nitrogens is 3. The molecule has 0 radical (unpaired) electrons. The molecule has 0 aromatic carbocycles. The summed E-state index contributed by atoms with van der Waals surface area (Å²) in [6.07, 6.45) is 3.64. The van der Waals surface area contributed by atoms with E-state index < -0.39 is 0 Å². The van der Waals surface area contributed by atoms with E-state index in [1.54, 1.807) is 12.3 Å². The van der Waals surface area contributed by atoms with Crippen LogP contribution >= 0.6 is 0 Å². The SMILES string of the molecule is CCc1n[nH]c2c1CN(C(=O)CCC(=O)Nc1cc(C)ccn1)CC2.